The van der Waals surface area contributed by atoms with Gasteiger partial charge in [0.05, 0.1) is 12.9 Å². The molecule has 0 saturated heterocycles. The lowest BCUT2D eigenvalue weighted by Crippen LogP contribution is -2.16. The SMILES string of the molecule is COC(OCCCc1nc(N)c2[nH]cnc2n1)P(=O)(O)O. The zero-order valence-electron chi connectivity index (χ0n) is 11.3. The smallest absolute Gasteiger partial charge is 0.381 e. The Morgan fingerprint density at radius 3 is 2.90 bits per heavy atom. The van der Waals surface area contributed by atoms with Gasteiger partial charge in [-0.25, -0.2) is 15.0 Å². The van der Waals surface area contributed by atoms with Gasteiger partial charge in [0.1, 0.15) is 11.3 Å². The molecule has 5 N–H and O–H groups in total. The van der Waals surface area contributed by atoms with E-state index in [0.717, 1.165) is 0 Å². The molecule has 1 unspecified atom stereocenters. The van der Waals surface area contributed by atoms with Crippen LogP contribution in [-0.2, 0) is 20.5 Å². The number of ether oxygens (including phenoxy) is 2. The topological polar surface area (TPSA) is 156 Å². The van der Waals surface area contributed by atoms with E-state index in [1.807, 2.05) is 0 Å². The number of anilines is 1. The summed E-state index contributed by atoms with van der Waals surface area (Å²) in [5.74, 6) is 0.791. The van der Waals surface area contributed by atoms with Gasteiger partial charge >= 0.3 is 7.60 Å². The molecule has 2 aromatic heterocycles. The van der Waals surface area contributed by atoms with E-state index in [9.17, 15) is 4.57 Å². The van der Waals surface area contributed by atoms with Crippen LogP contribution in [0.25, 0.3) is 11.2 Å². The third kappa shape index (κ3) is 3.96. The number of nitrogens with one attached hydrogen (secondary N) is 1. The van der Waals surface area contributed by atoms with E-state index in [0.29, 0.717) is 35.6 Å². The van der Waals surface area contributed by atoms with Crippen molar-refractivity contribution in [1.29, 1.82) is 0 Å². The second-order valence-electron chi connectivity index (χ2n) is 4.23. The third-order valence-corrected chi connectivity index (χ3v) is 3.55. The number of nitrogens with zero attached hydrogens (tertiary/aromatic N) is 3. The molecule has 0 aliphatic heterocycles. The largest absolute Gasteiger partial charge is 0.382 e. The highest BCUT2D eigenvalue weighted by Gasteiger charge is 2.29. The monoisotopic (exact) mass is 317 g/mol. The number of imidazole rings is 1. The maximum atomic E-state index is 11.0. The van der Waals surface area contributed by atoms with E-state index in [1.54, 1.807) is 0 Å². The van der Waals surface area contributed by atoms with Gasteiger partial charge in [-0.1, -0.05) is 0 Å². The Morgan fingerprint density at radius 1 is 1.48 bits per heavy atom. The van der Waals surface area contributed by atoms with Crippen LogP contribution in [0.2, 0.25) is 0 Å². The zero-order chi connectivity index (χ0) is 15.5. The highest BCUT2D eigenvalue weighted by Crippen LogP contribution is 2.42. The summed E-state index contributed by atoms with van der Waals surface area (Å²) in [6.07, 6.45) is 2.37. The Kier molecular flexibility index (Phi) is 4.86. The zero-order valence-corrected chi connectivity index (χ0v) is 12.2. The van der Waals surface area contributed by atoms with Crippen LogP contribution in [0.4, 0.5) is 5.82 Å². The van der Waals surface area contributed by atoms with Gasteiger partial charge in [0.2, 0.25) is 0 Å². The lowest BCUT2D eigenvalue weighted by atomic mass is 10.3. The molecule has 0 aliphatic rings. The first-order valence-electron chi connectivity index (χ1n) is 6.07. The molecule has 0 spiro atoms. The Labute approximate surface area is 119 Å². The highest BCUT2D eigenvalue weighted by atomic mass is 31.2. The Bertz CT molecular complexity index is 656. The maximum absolute atomic E-state index is 11.0. The minimum atomic E-state index is -4.43. The molecule has 2 rings (SSSR count). The summed E-state index contributed by atoms with van der Waals surface area (Å²) in [7, 11) is -3.26. The van der Waals surface area contributed by atoms with Crippen LogP contribution in [0, 0.1) is 0 Å². The van der Waals surface area contributed by atoms with Crippen molar-refractivity contribution in [2.45, 2.75) is 18.9 Å². The predicted octanol–water partition coefficient (Wildman–Crippen LogP) is -0.00800. The number of hydrogen-bond acceptors (Lipinski definition) is 7. The second kappa shape index (κ2) is 6.46. The second-order valence-corrected chi connectivity index (χ2v) is 5.83. The normalized spacial score (nSPS) is 13.7. The first-order valence-corrected chi connectivity index (χ1v) is 7.75. The van der Waals surface area contributed by atoms with E-state index in [4.69, 9.17) is 20.3 Å². The van der Waals surface area contributed by atoms with Crippen molar-refractivity contribution in [3.8, 4) is 0 Å². The maximum Gasteiger partial charge on any atom is 0.381 e. The van der Waals surface area contributed by atoms with Crippen molar-refractivity contribution in [2.75, 3.05) is 19.5 Å². The first kappa shape index (κ1) is 15.8. The minimum Gasteiger partial charge on any atom is -0.382 e. The van der Waals surface area contributed by atoms with Gasteiger partial charge in [0, 0.05) is 13.5 Å². The number of aryl methyl sites for hydroxylation is 1. The number of fused-ring (bicyclic) bond motifs is 1. The summed E-state index contributed by atoms with van der Waals surface area (Å²) < 4.78 is 20.5. The van der Waals surface area contributed by atoms with Crippen LogP contribution in [0.3, 0.4) is 0 Å². The summed E-state index contributed by atoms with van der Waals surface area (Å²) in [5, 5.41) is 0. The molecule has 2 aromatic rings. The molecule has 1 atom stereocenters. The van der Waals surface area contributed by atoms with Gasteiger partial charge in [-0.2, -0.15) is 0 Å². The Balaban J connectivity index is 1.89. The van der Waals surface area contributed by atoms with Gasteiger partial charge < -0.3 is 30.0 Å². The molecule has 2 heterocycles. The number of rotatable bonds is 7. The van der Waals surface area contributed by atoms with Gasteiger partial charge in [-0.05, 0) is 6.42 Å². The summed E-state index contributed by atoms with van der Waals surface area (Å²) in [6, 6.07) is -1.56. The lowest BCUT2D eigenvalue weighted by molar-refractivity contribution is -0.0812. The fourth-order valence-electron chi connectivity index (χ4n) is 1.73. The molecule has 0 bridgehead atoms. The van der Waals surface area contributed by atoms with Gasteiger partial charge in [-0.3, -0.25) is 4.57 Å². The van der Waals surface area contributed by atoms with Crippen LogP contribution in [0.15, 0.2) is 6.33 Å². The van der Waals surface area contributed by atoms with Crippen molar-refractivity contribution in [3.63, 3.8) is 0 Å². The van der Waals surface area contributed by atoms with Gasteiger partial charge in [0.15, 0.2) is 11.5 Å². The lowest BCUT2D eigenvalue weighted by Gasteiger charge is -2.16. The van der Waals surface area contributed by atoms with Crippen molar-refractivity contribution < 1.29 is 23.8 Å². The summed E-state index contributed by atoms with van der Waals surface area (Å²) in [6.45, 7) is 0.0888. The number of aromatic nitrogens is 4. The van der Waals surface area contributed by atoms with Crippen LogP contribution < -0.4 is 5.73 Å². The summed E-state index contributed by atoms with van der Waals surface area (Å²) in [4.78, 5) is 33.0. The van der Waals surface area contributed by atoms with Crippen molar-refractivity contribution in [2.24, 2.45) is 0 Å². The van der Waals surface area contributed by atoms with E-state index < -0.39 is 13.6 Å². The number of nitrogens with two attached hydrogens (primary N) is 1. The van der Waals surface area contributed by atoms with Crippen LogP contribution in [0.5, 0.6) is 0 Å². The van der Waals surface area contributed by atoms with E-state index in [2.05, 4.69) is 24.7 Å². The average Bonchev–Trinajstić information content (AvgIpc) is 2.86. The molecule has 11 heteroatoms. The molecule has 116 valence electrons. The fraction of sp³-hybridized carbons (Fsp3) is 0.500. The number of hydrogen-bond donors (Lipinski definition) is 4. The summed E-state index contributed by atoms with van der Waals surface area (Å²) >= 11 is 0. The van der Waals surface area contributed by atoms with E-state index in [1.165, 1.54) is 13.4 Å². The Hall–Kier alpha value is -1.58. The summed E-state index contributed by atoms with van der Waals surface area (Å²) in [5.41, 5.74) is 6.81. The van der Waals surface area contributed by atoms with Crippen LogP contribution in [0.1, 0.15) is 12.2 Å². The minimum absolute atomic E-state index is 0.0888. The number of nitrogen functional groups attached to an aromatic ring is 1. The van der Waals surface area contributed by atoms with Crippen molar-refractivity contribution in [1.82, 2.24) is 19.9 Å². The molecule has 0 fully saturated rings. The molecule has 0 radical (unpaired) electrons. The van der Waals surface area contributed by atoms with E-state index in [-0.39, 0.29) is 6.61 Å². The first-order chi connectivity index (χ1) is 9.91. The standard InChI is InChI=1S/C10H16N5O5P/c1-19-10(21(16,17)18)20-4-2-3-6-14-8(11)7-9(15-6)13-5-12-7/h5,10H,2-4H2,1H3,(H2,16,17,18)(H3,11,12,13,14,15). The molecule has 0 amide bonds. The van der Waals surface area contributed by atoms with Gasteiger partial charge in [0.25, 0.3) is 6.03 Å². The molecule has 0 aromatic carbocycles. The van der Waals surface area contributed by atoms with Crippen molar-refractivity contribution in [3.05, 3.63) is 12.2 Å². The number of aromatic amines is 1. The number of methoxy groups -OCH3 is 1. The Morgan fingerprint density at radius 2 is 2.24 bits per heavy atom. The fourth-order valence-corrected chi connectivity index (χ4v) is 2.31. The molecule has 0 saturated carbocycles. The molecule has 10 nitrogen and oxygen atoms in total. The molecule has 21 heavy (non-hydrogen) atoms. The van der Waals surface area contributed by atoms with E-state index >= 15 is 0 Å². The molecular formula is C10H16N5O5P. The predicted molar refractivity (Wildman–Crippen MR) is 73.2 cm³/mol. The van der Waals surface area contributed by atoms with Crippen LogP contribution in [-0.4, -0.2) is 49.5 Å². The van der Waals surface area contributed by atoms with Gasteiger partial charge in [-0.15, -0.1) is 0 Å². The van der Waals surface area contributed by atoms with Crippen LogP contribution >= 0.6 is 7.60 Å². The highest BCUT2D eigenvalue weighted by molar-refractivity contribution is 7.52. The van der Waals surface area contributed by atoms with Crippen molar-refractivity contribution >= 4 is 24.6 Å². The third-order valence-electron chi connectivity index (χ3n) is 2.64. The molecule has 0 aliphatic carbocycles. The quantitative estimate of drug-likeness (QED) is 0.313. The number of H-pyrrole nitrogens is 1. The molecular weight excluding hydrogens is 301 g/mol. The average molecular weight is 317 g/mol.